The molecule has 136 valence electrons. The van der Waals surface area contributed by atoms with Crippen LogP contribution >= 0.6 is 0 Å². The molecule has 1 aliphatic heterocycles. The Labute approximate surface area is 149 Å². The molecule has 1 saturated heterocycles. The number of carbonyl (C=O) groups is 2. The molecule has 1 heterocycles. The van der Waals surface area contributed by atoms with Crippen molar-refractivity contribution in [1.29, 1.82) is 0 Å². The maximum absolute atomic E-state index is 12.4. The molecule has 5 nitrogen and oxygen atoms in total. The van der Waals surface area contributed by atoms with Crippen molar-refractivity contribution in [2.75, 3.05) is 26.7 Å². The number of ether oxygens (including phenoxy) is 1. The Kier molecular flexibility index (Phi) is 5.95. The number of rotatable bonds is 7. The summed E-state index contributed by atoms with van der Waals surface area (Å²) in [5.41, 5.74) is 1.18. The van der Waals surface area contributed by atoms with Crippen molar-refractivity contribution in [3.8, 4) is 5.75 Å². The lowest BCUT2D eigenvalue weighted by atomic mass is 9.90. The molecule has 0 bridgehead atoms. The van der Waals surface area contributed by atoms with Crippen LogP contribution in [0.25, 0.3) is 0 Å². The average Bonchev–Trinajstić information content (AvgIpc) is 3.50. The van der Waals surface area contributed by atoms with Gasteiger partial charge in [-0.1, -0.05) is 12.1 Å². The molecule has 1 N–H and O–H groups in total. The van der Waals surface area contributed by atoms with E-state index in [1.165, 1.54) is 24.8 Å². The van der Waals surface area contributed by atoms with Crippen LogP contribution in [0.15, 0.2) is 24.3 Å². The number of benzene rings is 1. The number of carbonyl (C=O) groups excluding carboxylic acids is 2. The first-order valence-electron chi connectivity index (χ1n) is 9.36. The third kappa shape index (κ3) is 4.97. The SMILES string of the molecule is COc1ccc(C(CC(=O)NCC(=O)N2CCCCC2)C2CC2)cc1. The van der Waals surface area contributed by atoms with Gasteiger partial charge in [-0.15, -0.1) is 0 Å². The Balaban J connectivity index is 1.51. The Hall–Kier alpha value is -2.04. The summed E-state index contributed by atoms with van der Waals surface area (Å²) in [4.78, 5) is 26.4. The number of amides is 2. The van der Waals surface area contributed by atoms with Crippen molar-refractivity contribution in [2.45, 2.75) is 44.4 Å². The molecule has 0 radical (unpaired) electrons. The van der Waals surface area contributed by atoms with E-state index in [0.717, 1.165) is 31.7 Å². The standard InChI is InChI=1S/C20H28N2O3/c1-25-17-9-7-16(8-10-17)18(15-5-6-15)13-19(23)21-14-20(24)22-11-3-2-4-12-22/h7-10,15,18H,2-6,11-14H2,1H3,(H,21,23). The Morgan fingerprint density at radius 3 is 2.44 bits per heavy atom. The van der Waals surface area contributed by atoms with Gasteiger partial charge in [-0.25, -0.2) is 0 Å². The van der Waals surface area contributed by atoms with Crippen molar-refractivity contribution < 1.29 is 14.3 Å². The minimum Gasteiger partial charge on any atom is -0.497 e. The zero-order chi connectivity index (χ0) is 17.6. The molecule has 1 aliphatic carbocycles. The lowest BCUT2D eigenvalue weighted by Crippen LogP contribution is -2.42. The monoisotopic (exact) mass is 344 g/mol. The van der Waals surface area contributed by atoms with E-state index in [0.29, 0.717) is 12.3 Å². The zero-order valence-electron chi connectivity index (χ0n) is 15.0. The summed E-state index contributed by atoms with van der Waals surface area (Å²) in [5, 5.41) is 2.83. The normalized spacial score (nSPS) is 18.5. The minimum absolute atomic E-state index is 0.0296. The van der Waals surface area contributed by atoms with Crippen molar-refractivity contribution in [1.82, 2.24) is 10.2 Å². The van der Waals surface area contributed by atoms with Crippen LogP contribution in [0, 0.1) is 5.92 Å². The van der Waals surface area contributed by atoms with Gasteiger partial charge >= 0.3 is 0 Å². The molecule has 1 aromatic rings. The van der Waals surface area contributed by atoms with Gasteiger partial charge in [-0.05, 0) is 61.6 Å². The van der Waals surface area contributed by atoms with Crippen LogP contribution in [0.3, 0.4) is 0 Å². The van der Waals surface area contributed by atoms with Crippen LogP contribution in [-0.4, -0.2) is 43.5 Å². The first-order valence-corrected chi connectivity index (χ1v) is 9.36. The van der Waals surface area contributed by atoms with Crippen molar-refractivity contribution in [3.05, 3.63) is 29.8 Å². The van der Waals surface area contributed by atoms with Crippen LogP contribution in [0.1, 0.15) is 50.0 Å². The molecule has 2 amide bonds. The van der Waals surface area contributed by atoms with E-state index in [2.05, 4.69) is 5.32 Å². The van der Waals surface area contributed by atoms with Gasteiger partial charge in [0.05, 0.1) is 13.7 Å². The van der Waals surface area contributed by atoms with Crippen molar-refractivity contribution in [2.24, 2.45) is 5.92 Å². The molecule has 2 aliphatic rings. The Morgan fingerprint density at radius 1 is 1.16 bits per heavy atom. The molecule has 5 heteroatoms. The summed E-state index contributed by atoms with van der Waals surface area (Å²) >= 11 is 0. The summed E-state index contributed by atoms with van der Waals surface area (Å²) in [6, 6.07) is 7.99. The quantitative estimate of drug-likeness (QED) is 0.827. The van der Waals surface area contributed by atoms with Crippen LogP contribution in [0.5, 0.6) is 5.75 Å². The molecule has 1 unspecified atom stereocenters. The molecule has 2 fully saturated rings. The third-order valence-corrected chi connectivity index (χ3v) is 5.29. The highest BCUT2D eigenvalue weighted by Gasteiger charge is 2.33. The molecule has 1 atom stereocenters. The first-order chi connectivity index (χ1) is 12.2. The third-order valence-electron chi connectivity index (χ3n) is 5.29. The minimum atomic E-state index is -0.0296. The first kappa shape index (κ1) is 17.8. The fraction of sp³-hybridized carbons (Fsp3) is 0.600. The maximum atomic E-state index is 12.4. The van der Waals surface area contributed by atoms with E-state index < -0.39 is 0 Å². The molecule has 0 spiro atoms. The second-order valence-corrected chi connectivity index (χ2v) is 7.14. The molecular weight excluding hydrogens is 316 g/mol. The van der Waals surface area contributed by atoms with E-state index in [4.69, 9.17) is 4.74 Å². The van der Waals surface area contributed by atoms with E-state index >= 15 is 0 Å². The smallest absolute Gasteiger partial charge is 0.241 e. The maximum Gasteiger partial charge on any atom is 0.241 e. The number of piperidine rings is 1. The van der Waals surface area contributed by atoms with E-state index in [1.807, 2.05) is 29.2 Å². The molecule has 1 aromatic carbocycles. The fourth-order valence-electron chi connectivity index (χ4n) is 3.61. The molecular formula is C20H28N2O3. The van der Waals surface area contributed by atoms with Crippen LogP contribution in [0.4, 0.5) is 0 Å². The number of hydrogen-bond donors (Lipinski definition) is 1. The van der Waals surface area contributed by atoms with Gasteiger partial charge in [-0.2, -0.15) is 0 Å². The number of hydrogen-bond acceptors (Lipinski definition) is 3. The average molecular weight is 344 g/mol. The predicted octanol–water partition coefficient (Wildman–Crippen LogP) is 2.71. The van der Waals surface area contributed by atoms with Crippen LogP contribution < -0.4 is 10.1 Å². The Bertz CT molecular complexity index is 589. The highest BCUT2D eigenvalue weighted by Crippen LogP contribution is 2.44. The lowest BCUT2D eigenvalue weighted by molar-refractivity contribution is -0.133. The van der Waals surface area contributed by atoms with E-state index in [9.17, 15) is 9.59 Å². The molecule has 0 aromatic heterocycles. The van der Waals surface area contributed by atoms with Gasteiger partial charge in [0, 0.05) is 19.5 Å². The van der Waals surface area contributed by atoms with Gasteiger partial charge in [0.25, 0.3) is 0 Å². The van der Waals surface area contributed by atoms with Gasteiger partial charge in [-0.3, -0.25) is 9.59 Å². The summed E-state index contributed by atoms with van der Waals surface area (Å²) in [7, 11) is 1.65. The largest absolute Gasteiger partial charge is 0.497 e. The molecule has 3 rings (SSSR count). The second kappa shape index (κ2) is 8.37. The summed E-state index contributed by atoms with van der Waals surface area (Å²) < 4.78 is 5.21. The van der Waals surface area contributed by atoms with Crippen LogP contribution in [-0.2, 0) is 9.59 Å². The van der Waals surface area contributed by atoms with Gasteiger partial charge in [0.1, 0.15) is 5.75 Å². The number of nitrogens with one attached hydrogen (secondary N) is 1. The highest BCUT2D eigenvalue weighted by molar-refractivity contribution is 5.85. The Morgan fingerprint density at radius 2 is 1.84 bits per heavy atom. The number of likely N-dealkylation sites (tertiary alicyclic amines) is 1. The highest BCUT2D eigenvalue weighted by atomic mass is 16.5. The zero-order valence-corrected chi connectivity index (χ0v) is 15.0. The summed E-state index contributed by atoms with van der Waals surface area (Å²) in [5.74, 6) is 1.65. The van der Waals surface area contributed by atoms with Crippen molar-refractivity contribution >= 4 is 11.8 Å². The van der Waals surface area contributed by atoms with Crippen molar-refractivity contribution in [3.63, 3.8) is 0 Å². The predicted molar refractivity (Wildman–Crippen MR) is 96.5 cm³/mol. The molecule has 1 saturated carbocycles. The summed E-state index contributed by atoms with van der Waals surface area (Å²) in [6.07, 6.45) is 6.14. The fourth-order valence-corrected chi connectivity index (χ4v) is 3.61. The van der Waals surface area contributed by atoms with E-state index in [1.54, 1.807) is 7.11 Å². The number of nitrogens with zero attached hydrogens (tertiary/aromatic N) is 1. The van der Waals surface area contributed by atoms with Gasteiger partial charge in [0.15, 0.2) is 0 Å². The second-order valence-electron chi connectivity index (χ2n) is 7.14. The van der Waals surface area contributed by atoms with Gasteiger partial charge in [0.2, 0.25) is 11.8 Å². The number of methoxy groups -OCH3 is 1. The summed E-state index contributed by atoms with van der Waals surface area (Å²) in [6.45, 7) is 1.77. The lowest BCUT2D eigenvalue weighted by Gasteiger charge is -2.26. The van der Waals surface area contributed by atoms with Crippen LogP contribution in [0.2, 0.25) is 0 Å². The van der Waals surface area contributed by atoms with E-state index in [-0.39, 0.29) is 24.3 Å². The topological polar surface area (TPSA) is 58.6 Å². The molecule has 25 heavy (non-hydrogen) atoms. The van der Waals surface area contributed by atoms with Gasteiger partial charge < -0.3 is 15.0 Å².